The largest absolute Gasteiger partial charge is 0.495 e. The number of carbonyl (C=O) groups is 2. The highest BCUT2D eigenvalue weighted by Crippen LogP contribution is 2.25. The van der Waals surface area contributed by atoms with Gasteiger partial charge in [-0.3, -0.25) is 19.4 Å². The second-order valence-electron chi connectivity index (χ2n) is 7.36. The summed E-state index contributed by atoms with van der Waals surface area (Å²) in [4.78, 5) is 28.7. The first kappa shape index (κ1) is 20.8. The molecular weight excluding hydrogens is 368 g/mol. The molecule has 2 amide bonds. The molecule has 0 bridgehead atoms. The Balaban J connectivity index is 1.62. The van der Waals surface area contributed by atoms with Crippen LogP contribution >= 0.6 is 0 Å². The van der Waals surface area contributed by atoms with Gasteiger partial charge in [0.15, 0.2) is 0 Å². The van der Waals surface area contributed by atoms with Crippen molar-refractivity contribution in [3.8, 4) is 5.75 Å². The van der Waals surface area contributed by atoms with Crippen LogP contribution in [-0.4, -0.2) is 60.9 Å². The maximum atomic E-state index is 12.6. The van der Waals surface area contributed by atoms with Gasteiger partial charge in [-0.05, 0) is 30.2 Å². The van der Waals surface area contributed by atoms with E-state index in [2.05, 4.69) is 22.3 Å². The molecule has 1 heterocycles. The first-order valence-electron chi connectivity index (χ1n) is 9.70. The molecule has 1 atom stereocenters. The Kier molecular flexibility index (Phi) is 6.85. The summed E-state index contributed by atoms with van der Waals surface area (Å²) in [6, 6.07) is 15.2. The molecule has 0 saturated carbocycles. The van der Waals surface area contributed by atoms with Gasteiger partial charge in [0.05, 0.1) is 19.3 Å². The molecule has 1 fully saturated rings. The third kappa shape index (κ3) is 5.56. The van der Waals surface area contributed by atoms with Gasteiger partial charge in [0.1, 0.15) is 11.8 Å². The maximum absolute atomic E-state index is 12.6. The SMILES string of the molecule is COc1ccc(C)cc1NC(=O)CN1CCN(Cc2ccccc2)C[C@H]1C(N)=O. The quantitative estimate of drug-likeness (QED) is 0.743. The number of amides is 2. The fraction of sp³-hybridized carbons (Fsp3) is 0.364. The van der Waals surface area contributed by atoms with Crippen molar-refractivity contribution in [1.82, 2.24) is 9.80 Å². The van der Waals surface area contributed by atoms with Gasteiger partial charge in [0, 0.05) is 26.2 Å². The van der Waals surface area contributed by atoms with Crippen LogP contribution in [0.25, 0.3) is 0 Å². The predicted molar refractivity (Wildman–Crippen MR) is 113 cm³/mol. The lowest BCUT2D eigenvalue weighted by molar-refractivity contribution is -0.127. The molecule has 0 unspecified atom stereocenters. The number of hydrogen-bond donors (Lipinski definition) is 2. The van der Waals surface area contributed by atoms with Gasteiger partial charge in [-0.25, -0.2) is 0 Å². The van der Waals surface area contributed by atoms with Crippen LogP contribution in [-0.2, 0) is 16.1 Å². The number of anilines is 1. The van der Waals surface area contributed by atoms with Crippen molar-refractivity contribution in [2.75, 3.05) is 38.6 Å². The van der Waals surface area contributed by atoms with Gasteiger partial charge in [-0.15, -0.1) is 0 Å². The Morgan fingerprint density at radius 2 is 1.93 bits per heavy atom. The number of primary amides is 1. The zero-order valence-electron chi connectivity index (χ0n) is 16.9. The Labute approximate surface area is 171 Å². The van der Waals surface area contributed by atoms with Crippen molar-refractivity contribution < 1.29 is 14.3 Å². The fourth-order valence-electron chi connectivity index (χ4n) is 3.62. The van der Waals surface area contributed by atoms with Gasteiger partial charge >= 0.3 is 0 Å². The van der Waals surface area contributed by atoms with Crippen LogP contribution in [0.1, 0.15) is 11.1 Å². The van der Waals surface area contributed by atoms with Crippen LogP contribution in [0.15, 0.2) is 48.5 Å². The molecule has 29 heavy (non-hydrogen) atoms. The van der Waals surface area contributed by atoms with Crippen LogP contribution in [0.3, 0.4) is 0 Å². The molecule has 7 heteroatoms. The van der Waals surface area contributed by atoms with Crippen LogP contribution in [0, 0.1) is 6.92 Å². The Bertz CT molecular complexity index is 856. The predicted octanol–water partition coefficient (Wildman–Crippen LogP) is 1.61. The van der Waals surface area contributed by atoms with E-state index in [-0.39, 0.29) is 12.5 Å². The molecule has 3 N–H and O–H groups in total. The van der Waals surface area contributed by atoms with Crippen LogP contribution in [0.4, 0.5) is 5.69 Å². The van der Waals surface area contributed by atoms with Gasteiger partial charge in [-0.2, -0.15) is 0 Å². The standard InChI is InChI=1S/C22H28N4O3/c1-16-8-9-20(29-2)18(12-16)24-21(27)15-26-11-10-25(14-19(26)22(23)28)13-17-6-4-3-5-7-17/h3-9,12,19H,10-11,13-15H2,1-2H3,(H2,23,28)(H,24,27)/t19-/m0/s1. The normalized spacial score (nSPS) is 17.7. The monoisotopic (exact) mass is 396 g/mol. The Morgan fingerprint density at radius 3 is 2.62 bits per heavy atom. The third-order valence-corrected chi connectivity index (χ3v) is 5.13. The van der Waals surface area contributed by atoms with E-state index in [0.29, 0.717) is 24.5 Å². The molecule has 154 valence electrons. The van der Waals surface area contributed by atoms with Crippen LogP contribution < -0.4 is 15.8 Å². The van der Waals surface area contributed by atoms with E-state index in [0.717, 1.165) is 18.7 Å². The number of nitrogens with one attached hydrogen (secondary N) is 1. The molecule has 2 aromatic rings. The van der Waals surface area contributed by atoms with Crippen LogP contribution in [0.5, 0.6) is 5.75 Å². The molecule has 3 rings (SSSR count). The minimum Gasteiger partial charge on any atom is -0.495 e. The lowest BCUT2D eigenvalue weighted by atomic mass is 10.1. The van der Waals surface area contributed by atoms with Gasteiger partial charge in [0.25, 0.3) is 0 Å². The second-order valence-corrected chi connectivity index (χ2v) is 7.36. The number of ether oxygens (including phenoxy) is 1. The zero-order valence-corrected chi connectivity index (χ0v) is 16.9. The molecule has 0 spiro atoms. The summed E-state index contributed by atoms with van der Waals surface area (Å²) in [7, 11) is 1.56. The number of nitrogens with zero attached hydrogens (tertiary/aromatic N) is 2. The van der Waals surface area contributed by atoms with E-state index in [1.807, 2.05) is 48.2 Å². The van der Waals surface area contributed by atoms with E-state index in [1.165, 1.54) is 5.56 Å². The number of benzene rings is 2. The third-order valence-electron chi connectivity index (χ3n) is 5.13. The Morgan fingerprint density at radius 1 is 1.17 bits per heavy atom. The zero-order chi connectivity index (χ0) is 20.8. The molecule has 0 radical (unpaired) electrons. The number of piperazine rings is 1. The maximum Gasteiger partial charge on any atom is 0.238 e. The molecule has 0 aromatic heterocycles. The minimum atomic E-state index is -0.502. The van der Waals surface area contributed by atoms with Crippen molar-refractivity contribution in [2.24, 2.45) is 5.73 Å². The average molecular weight is 396 g/mol. The molecule has 1 aliphatic rings. The summed E-state index contributed by atoms with van der Waals surface area (Å²) >= 11 is 0. The average Bonchev–Trinajstić information content (AvgIpc) is 2.70. The highest BCUT2D eigenvalue weighted by atomic mass is 16.5. The molecule has 0 aliphatic carbocycles. The molecule has 1 aliphatic heterocycles. The minimum absolute atomic E-state index is 0.101. The number of hydrogen-bond acceptors (Lipinski definition) is 5. The Hall–Kier alpha value is -2.90. The van der Waals surface area contributed by atoms with E-state index in [9.17, 15) is 9.59 Å². The van der Waals surface area contributed by atoms with Gasteiger partial charge < -0.3 is 15.8 Å². The summed E-state index contributed by atoms with van der Waals surface area (Å²) in [5.74, 6) is -0.0107. The van der Waals surface area contributed by atoms with Crippen molar-refractivity contribution >= 4 is 17.5 Å². The topological polar surface area (TPSA) is 87.9 Å². The number of nitrogens with two attached hydrogens (primary N) is 1. The molecule has 1 saturated heterocycles. The van der Waals surface area contributed by atoms with Crippen molar-refractivity contribution in [1.29, 1.82) is 0 Å². The molecule has 2 aromatic carbocycles. The van der Waals surface area contributed by atoms with E-state index in [1.54, 1.807) is 7.11 Å². The lowest BCUT2D eigenvalue weighted by Crippen LogP contribution is -2.59. The summed E-state index contributed by atoms with van der Waals surface area (Å²) in [5.41, 5.74) is 8.48. The highest BCUT2D eigenvalue weighted by molar-refractivity contribution is 5.94. The molecule has 7 nitrogen and oxygen atoms in total. The van der Waals surface area contributed by atoms with Crippen molar-refractivity contribution in [3.63, 3.8) is 0 Å². The first-order valence-corrected chi connectivity index (χ1v) is 9.70. The van der Waals surface area contributed by atoms with Gasteiger partial charge in [-0.1, -0.05) is 36.4 Å². The van der Waals surface area contributed by atoms with Gasteiger partial charge in [0.2, 0.25) is 11.8 Å². The van der Waals surface area contributed by atoms with E-state index < -0.39 is 11.9 Å². The first-order chi connectivity index (χ1) is 14.0. The highest BCUT2D eigenvalue weighted by Gasteiger charge is 2.32. The summed E-state index contributed by atoms with van der Waals surface area (Å²) in [6.07, 6.45) is 0. The lowest BCUT2D eigenvalue weighted by Gasteiger charge is -2.39. The summed E-state index contributed by atoms with van der Waals surface area (Å²) in [6.45, 7) is 4.67. The number of rotatable bonds is 7. The fourth-order valence-corrected chi connectivity index (χ4v) is 3.62. The number of methoxy groups -OCH3 is 1. The number of aryl methyl sites for hydroxylation is 1. The summed E-state index contributed by atoms with van der Waals surface area (Å²) in [5, 5.41) is 2.89. The van der Waals surface area contributed by atoms with Crippen molar-refractivity contribution in [3.05, 3.63) is 59.7 Å². The van der Waals surface area contributed by atoms with Crippen LogP contribution in [0.2, 0.25) is 0 Å². The number of carbonyl (C=O) groups excluding carboxylic acids is 2. The smallest absolute Gasteiger partial charge is 0.238 e. The molecular formula is C22H28N4O3. The van der Waals surface area contributed by atoms with E-state index in [4.69, 9.17) is 10.5 Å². The second kappa shape index (κ2) is 9.54. The van der Waals surface area contributed by atoms with Crippen molar-refractivity contribution in [2.45, 2.75) is 19.5 Å². The van der Waals surface area contributed by atoms with E-state index >= 15 is 0 Å². The summed E-state index contributed by atoms with van der Waals surface area (Å²) < 4.78 is 5.31.